The van der Waals surface area contributed by atoms with Crippen LogP contribution in [-0.2, 0) is 19.1 Å². The summed E-state index contributed by atoms with van der Waals surface area (Å²) in [5, 5.41) is 9.94. The van der Waals surface area contributed by atoms with Gasteiger partial charge in [-0.05, 0) is 43.0 Å². The number of aromatic nitrogens is 1. The number of amides is 3. The predicted molar refractivity (Wildman–Crippen MR) is 151 cm³/mol. The smallest absolute Gasteiger partial charge is 0.290 e. The Morgan fingerprint density at radius 1 is 1.07 bits per heavy atom. The maximum absolute atomic E-state index is 13.5. The fourth-order valence-electron chi connectivity index (χ4n) is 5.65. The average Bonchev–Trinajstić information content (AvgIpc) is 3.48. The highest BCUT2D eigenvalue weighted by Gasteiger charge is 2.42. The van der Waals surface area contributed by atoms with Crippen LogP contribution in [0.2, 0.25) is 0 Å². The molecular weight excluding hydrogens is 544 g/mol. The Balaban J connectivity index is 0.00000129. The van der Waals surface area contributed by atoms with Gasteiger partial charge < -0.3 is 34.4 Å². The van der Waals surface area contributed by atoms with Crippen molar-refractivity contribution < 1.29 is 38.5 Å². The van der Waals surface area contributed by atoms with Crippen LogP contribution >= 0.6 is 0 Å². The molecule has 3 aliphatic heterocycles. The summed E-state index contributed by atoms with van der Waals surface area (Å²) in [6, 6.07) is 11.1. The Bertz CT molecular complexity index is 1240. The Kier molecular flexibility index (Phi) is 11.1. The van der Waals surface area contributed by atoms with Crippen LogP contribution in [-0.4, -0.2) is 104 Å². The van der Waals surface area contributed by atoms with Gasteiger partial charge in [-0.2, -0.15) is 0 Å². The Hall–Kier alpha value is -4.19. The number of rotatable bonds is 3. The van der Waals surface area contributed by atoms with Gasteiger partial charge in [0.05, 0.1) is 19.6 Å². The number of hydrogen-bond donors (Lipinski definition) is 2. The van der Waals surface area contributed by atoms with Crippen molar-refractivity contribution in [1.29, 1.82) is 0 Å². The molecule has 12 heteroatoms. The van der Waals surface area contributed by atoms with Crippen LogP contribution in [0, 0.1) is 11.8 Å². The molecule has 12 nitrogen and oxygen atoms in total. The predicted octanol–water partition coefficient (Wildman–Crippen LogP) is 1.80. The molecule has 1 aromatic heterocycles. The van der Waals surface area contributed by atoms with Crippen molar-refractivity contribution in [3.05, 3.63) is 53.9 Å². The maximum atomic E-state index is 13.5. The van der Waals surface area contributed by atoms with Crippen LogP contribution in [0.4, 0.5) is 0 Å². The van der Waals surface area contributed by atoms with Crippen molar-refractivity contribution in [2.24, 2.45) is 11.8 Å². The van der Waals surface area contributed by atoms with Gasteiger partial charge in [0.15, 0.2) is 0 Å². The van der Waals surface area contributed by atoms with Gasteiger partial charge in [0.25, 0.3) is 12.4 Å². The normalized spacial score (nSPS) is 21.4. The third-order valence-corrected chi connectivity index (χ3v) is 7.82. The molecule has 0 unspecified atom stereocenters. The first-order chi connectivity index (χ1) is 20.4. The summed E-state index contributed by atoms with van der Waals surface area (Å²) >= 11 is 0. The van der Waals surface area contributed by atoms with E-state index in [-0.39, 0.29) is 41.7 Å². The number of carboxylic acid groups (broad SMARTS) is 1. The summed E-state index contributed by atoms with van der Waals surface area (Å²) in [5.41, 5.74) is 1.28. The van der Waals surface area contributed by atoms with Crippen LogP contribution in [0.5, 0.6) is 11.5 Å². The second-order valence-electron chi connectivity index (χ2n) is 10.4. The van der Waals surface area contributed by atoms with Crippen LogP contribution in [0.1, 0.15) is 41.2 Å². The average molecular weight is 583 g/mol. The maximum Gasteiger partial charge on any atom is 0.290 e. The summed E-state index contributed by atoms with van der Waals surface area (Å²) in [4.78, 5) is 56.2. The van der Waals surface area contributed by atoms with E-state index in [0.717, 1.165) is 5.56 Å². The molecule has 0 spiro atoms. The SMILES string of the molecule is COc1ccnc(C(=O)N2CCCOc3cccc(c3)[C@H]3CN(C(=O)C4CCOCC4)C[C@@H]3C(=O)NCC2)c1.O=CO. The molecule has 0 saturated carbocycles. The molecule has 3 aliphatic rings. The highest BCUT2D eigenvalue weighted by atomic mass is 16.5. The van der Waals surface area contributed by atoms with Crippen molar-refractivity contribution in [2.75, 3.05) is 59.7 Å². The standard InChI is InChI=1S/C29H36N4O6.CH2O2/c1-37-22-6-9-30-26(17-22)29(36)32-11-3-13-39-23-5-2-4-21(16-23)24-18-33(19-25(24)27(34)31-10-12-32)28(35)20-7-14-38-15-8-20;2-1-3/h2,4-6,9,16-17,20,24-25H,3,7-8,10-15,18-19H2,1H3,(H,31,34);1H,(H,2,3)/t24-,25+;/m1./s1. The minimum atomic E-state index is -0.392. The zero-order chi connectivity index (χ0) is 29.9. The summed E-state index contributed by atoms with van der Waals surface area (Å²) in [5.74, 6) is 0.433. The second kappa shape index (κ2) is 15.2. The molecule has 42 heavy (non-hydrogen) atoms. The fraction of sp³-hybridized carbons (Fsp3) is 0.500. The highest BCUT2D eigenvalue weighted by molar-refractivity contribution is 5.92. The molecule has 0 radical (unpaired) electrons. The first-order valence-electron chi connectivity index (χ1n) is 14.2. The number of hydrogen-bond acceptors (Lipinski definition) is 8. The summed E-state index contributed by atoms with van der Waals surface area (Å²) in [6.07, 6.45) is 3.59. The molecule has 2 bridgehead atoms. The zero-order valence-electron chi connectivity index (χ0n) is 23.8. The number of carbonyl (C=O) groups is 4. The molecule has 2 atom stereocenters. The number of nitrogens with one attached hydrogen (secondary N) is 1. The first kappa shape index (κ1) is 30.8. The molecule has 1 aromatic carbocycles. The number of fused-ring (bicyclic) bond motifs is 4. The van der Waals surface area contributed by atoms with Crippen LogP contribution < -0.4 is 14.8 Å². The van der Waals surface area contributed by atoms with Crippen molar-refractivity contribution in [1.82, 2.24) is 20.1 Å². The molecule has 3 amide bonds. The molecule has 2 fully saturated rings. The summed E-state index contributed by atoms with van der Waals surface area (Å²) < 4.78 is 16.7. The Morgan fingerprint density at radius 2 is 1.83 bits per heavy atom. The second-order valence-corrected chi connectivity index (χ2v) is 10.4. The molecule has 2 aromatic rings. The number of pyridine rings is 1. The van der Waals surface area contributed by atoms with E-state index in [1.807, 2.05) is 29.2 Å². The lowest BCUT2D eigenvalue weighted by atomic mass is 9.88. The molecule has 0 aliphatic carbocycles. The summed E-state index contributed by atoms with van der Waals surface area (Å²) in [6.45, 7) is 3.32. The third-order valence-electron chi connectivity index (χ3n) is 7.82. The fourth-order valence-corrected chi connectivity index (χ4v) is 5.65. The van der Waals surface area contributed by atoms with Gasteiger partial charge in [-0.3, -0.25) is 24.2 Å². The van der Waals surface area contributed by atoms with E-state index in [0.29, 0.717) is 83.3 Å². The van der Waals surface area contributed by atoms with Crippen LogP contribution in [0.3, 0.4) is 0 Å². The van der Waals surface area contributed by atoms with E-state index >= 15 is 0 Å². The first-order valence-corrected chi connectivity index (χ1v) is 14.2. The monoisotopic (exact) mass is 582 g/mol. The lowest BCUT2D eigenvalue weighted by Crippen LogP contribution is -2.43. The topological polar surface area (TPSA) is 148 Å². The van der Waals surface area contributed by atoms with Gasteiger partial charge >= 0.3 is 0 Å². The lowest BCUT2D eigenvalue weighted by molar-refractivity contribution is -0.137. The van der Waals surface area contributed by atoms with Gasteiger partial charge in [-0.25, -0.2) is 0 Å². The molecule has 4 heterocycles. The minimum Gasteiger partial charge on any atom is -0.497 e. The van der Waals surface area contributed by atoms with Crippen molar-refractivity contribution in [2.45, 2.75) is 25.2 Å². The van der Waals surface area contributed by atoms with Gasteiger partial charge in [0, 0.05) is 70.0 Å². The molecule has 2 saturated heterocycles. The largest absolute Gasteiger partial charge is 0.497 e. The summed E-state index contributed by atoms with van der Waals surface area (Å²) in [7, 11) is 1.54. The van der Waals surface area contributed by atoms with Gasteiger partial charge in [0.2, 0.25) is 11.8 Å². The Morgan fingerprint density at radius 3 is 2.60 bits per heavy atom. The number of benzene rings is 1. The zero-order valence-corrected chi connectivity index (χ0v) is 23.8. The number of nitrogens with zero attached hydrogens (tertiary/aromatic N) is 3. The van der Waals surface area contributed by atoms with Crippen LogP contribution in [0.15, 0.2) is 42.6 Å². The van der Waals surface area contributed by atoms with E-state index in [1.165, 1.54) is 0 Å². The van der Waals surface area contributed by atoms with E-state index in [9.17, 15) is 14.4 Å². The van der Waals surface area contributed by atoms with Gasteiger partial charge in [-0.1, -0.05) is 12.1 Å². The minimum absolute atomic E-state index is 0.0604. The van der Waals surface area contributed by atoms with Crippen LogP contribution in [0.25, 0.3) is 0 Å². The van der Waals surface area contributed by atoms with Crippen molar-refractivity contribution in [3.63, 3.8) is 0 Å². The van der Waals surface area contributed by atoms with Gasteiger partial charge in [-0.15, -0.1) is 0 Å². The van der Waals surface area contributed by atoms with E-state index < -0.39 is 5.92 Å². The Labute approximate surface area is 244 Å². The van der Waals surface area contributed by atoms with Crippen molar-refractivity contribution >= 4 is 24.2 Å². The molecular formula is C30H38N4O8. The van der Waals surface area contributed by atoms with E-state index in [4.69, 9.17) is 24.1 Å². The number of likely N-dealkylation sites (tertiary alicyclic amines) is 1. The third kappa shape index (κ3) is 7.75. The quantitative estimate of drug-likeness (QED) is 0.517. The number of carbonyl (C=O) groups excluding carboxylic acids is 3. The molecule has 2 N–H and O–H groups in total. The number of ether oxygens (including phenoxy) is 3. The number of methoxy groups -OCH3 is 1. The van der Waals surface area contributed by atoms with E-state index in [1.54, 1.807) is 30.3 Å². The molecule has 5 rings (SSSR count). The van der Waals surface area contributed by atoms with Crippen molar-refractivity contribution in [3.8, 4) is 11.5 Å². The lowest BCUT2D eigenvalue weighted by Gasteiger charge is -2.26. The molecule has 226 valence electrons. The van der Waals surface area contributed by atoms with Gasteiger partial charge in [0.1, 0.15) is 17.2 Å². The highest BCUT2D eigenvalue weighted by Crippen LogP contribution is 2.36. The van der Waals surface area contributed by atoms with E-state index in [2.05, 4.69) is 10.3 Å².